The number of rotatable bonds is 6. The highest BCUT2D eigenvalue weighted by molar-refractivity contribution is 5.53. The molecule has 0 heterocycles. The van der Waals surface area contributed by atoms with E-state index in [0.717, 1.165) is 24.1 Å². The average Bonchev–Trinajstić information content (AvgIpc) is 2.47. The van der Waals surface area contributed by atoms with Gasteiger partial charge in [-0.1, -0.05) is 37.3 Å². The summed E-state index contributed by atoms with van der Waals surface area (Å²) in [5, 5.41) is 0. The smallest absolute Gasteiger partial charge is 0.123 e. The van der Waals surface area contributed by atoms with Gasteiger partial charge in [-0.15, -0.1) is 0 Å². The van der Waals surface area contributed by atoms with Crippen molar-refractivity contribution < 1.29 is 4.39 Å². The molecule has 0 saturated carbocycles. The summed E-state index contributed by atoms with van der Waals surface area (Å²) in [4.78, 5) is 2.15. The van der Waals surface area contributed by atoms with E-state index < -0.39 is 0 Å². The maximum absolute atomic E-state index is 13.3. The van der Waals surface area contributed by atoms with Crippen molar-refractivity contribution in [3.63, 3.8) is 0 Å². The van der Waals surface area contributed by atoms with Crippen molar-refractivity contribution in [1.82, 2.24) is 0 Å². The lowest BCUT2D eigenvalue weighted by Crippen LogP contribution is -2.24. The molecule has 3 heteroatoms. The summed E-state index contributed by atoms with van der Waals surface area (Å²) in [5.74, 6) is -0.192. The van der Waals surface area contributed by atoms with Gasteiger partial charge in [0, 0.05) is 25.3 Å². The number of benzene rings is 2. The van der Waals surface area contributed by atoms with E-state index in [1.165, 1.54) is 11.6 Å². The Hall–Kier alpha value is -1.87. The minimum Gasteiger partial charge on any atom is -0.370 e. The van der Waals surface area contributed by atoms with E-state index in [1.807, 2.05) is 25.2 Å². The van der Waals surface area contributed by atoms with Crippen LogP contribution in [0.2, 0.25) is 0 Å². The van der Waals surface area contributed by atoms with Crippen LogP contribution in [0.1, 0.15) is 24.5 Å². The first-order chi connectivity index (χ1) is 10.1. The van der Waals surface area contributed by atoms with Gasteiger partial charge >= 0.3 is 0 Å². The molecule has 112 valence electrons. The molecule has 0 amide bonds. The van der Waals surface area contributed by atoms with Gasteiger partial charge in [-0.05, 0) is 42.2 Å². The number of hydrogen-bond acceptors (Lipinski definition) is 2. The highest BCUT2D eigenvalue weighted by Gasteiger charge is 2.10. The quantitative estimate of drug-likeness (QED) is 0.876. The van der Waals surface area contributed by atoms with Crippen molar-refractivity contribution in [2.45, 2.75) is 32.4 Å². The van der Waals surface area contributed by atoms with Crippen LogP contribution in [0.4, 0.5) is 10.1 Å². The van der Waals surface area contributed by atoms with E-state index in [1.54, 1.807) is 12.1 Å². The maximum atomic E-state index is 13.3. The Kier molecular flexibility index (Phi) is 5.34. The fraction of sp³-hybridized carbons (Fsp3) is 0.333. The SMILES string of the molecule is CCC(N)Cc1ccccc1N(C)Cc1cccc(F)c1. The van der Waals surface area contributed by atoms with Gasteiger partial charge in [-0.25, -0.2) is 4.39 Å². The Bertz CT molecular complexity index is 583. The summed E-state index contributed by atoms with van der Waals surface area (Å²) in [5.41, 5.74) is 9.44. The lowest BCUT2D eigenvalue weighted by atomic mass is 10.0. The van der Waals surface area contributed by atoms with Gasteiger partial charge in [-0.3, -0.25) is 0 Å². The van der Waals surface area contributed by atoms with Crippen LogP contribution in [0, 0.1) is 5.82 Å². The van der Waals surface area contributed by atoms with Crippen molar-refractivity contribution in [1.29, 1.82) is 0 Å². The zero-order valence-corrected chi connectivity index (χ0v) is 12.7. The molecule has 2 nitrogen and oxygen atoms in total. The largest absolute Gasteiger partial charge is 0.370 e. The van der Waals surface area contributed by atoms with Gasteiger partial charge in [0.05, 0.1) is 0 Å². The number of para-hydroxylation sites is 1. The molecule has 0 saturated heterocycles. The molecule has 0 bridgehead atoms. The molecule has 0 spiro atoms. The summed E-state index contributed by atoms with van der Waals surface area (Å²) in [6, 6.07) is 15.2. The van der Waals surface area contributed by atoms with E-state index >= 15 is 0 Å². The molecule has 1 atom stereocenters. The predicted octanol–water partition coefficient (Wildman–Crippen LogP) is 3.74. The van der Waals surface area contributed by atoms with E-state index in [9.17, 15) is 4.39 Å². The second-order valence-corrected chi connectivity index (χ2v) is 5.49. The third-order valence-corrected chi connectivity index (χ3v) is 3.72. The van der Waals surface area contributed by atoms with Crippen LogP contribution in [0.5, 0.6) is 0 Å². The van der Waals surface area contributed by atoms with Crippen molar-refractivity contribution in [2.75, 3.05) is 11.9 Å². The van der Waals surface area contributed by atoms with Crippen LogP contribution in [0.3, 0.4) is 0 Å². The summed E-state index contributed by atoms with van der Waals surface area (Å²) >= 11 is 0. The highest BCUT2D eigenvalue weighted by Crippen LogP contribution is 2.22. The lowest BCUT2D eigenvalue weighted by Gasteiger charge is -2.23. The third-order valence-electron chi connectivity index (χ3n) is 3.72. The van der Waals surface area contributed by atoms with Crippen LogP contribution in [0.15, 0.2) is 48.5 Å². The van der Waals surface area contributed by atoms with Crippen molar-refractivity contribution in [3.05, 3.63) is 65.5 Å². The molecular weight excluding hydrogens is 263 g/mol. The zero-order chi connectivity index (χ0) is 15.2. The molecule has 1 unspecified atom stereocenters. The van der Waals surface area contributed by atoms with Crippen LogP contribution in [0.25, 0.3) is 0 Å². The van der Waals surface area contributed by atoms with Crippen LogP contribution < -0.4 is 10.6 Å². The molecule has 2 N–H and O–H groups in total. The minimum absolute atomic E-state index is 0.175. The van der Waals surface area contributed by atoms with Gasteiger partial charge in [0.1, 0.15) is 5.82 Å². The highest BCUT2D eigenvalue weighted by atomic mass is 19.1. The summed E-state index contributed by atoms with van der Waals surface area (Å²) in [6.07, 6.45) is 1.82. The number of hydrogen-bond donors (Lipinski definition) is 1. The third kappa shape index (κ3) is 4.30. The summed E-state index contributed by atoms with van der Waals surface area (Å²) in [6.45, 7) is 2.78. The Balaban J connectivity index is 2.17. The first-order valence-corrected chi connectivity index (χ1v) is 7.39. The maximum Gasteiger partial charge on any atom is 0.123 e. The molecule has 2 aromatic carbocycles. The molecular formula is C18H23FN2. The van der Waals surface area contributed by atoms with Crippen molar-refractivity contribution >= 4 is 5.69 Å². The Morgan fingerprint density at radius 1 is 1.14 bits per heavy atom. The molecule has 2 aromatic rings. The number of anilines is 1. The van der Waals surface area contributed by atoms with Gasteiger partial charge in [0.15, 0.2) is 0 Å². The first-order valence-electron chi connectivity index (χ1n) is 7.39. The molecule has 0 aliphatic carbocycles. The molecule has 0 aliphatic heterocycles. The standard InChI is InChI=1S/C18H23FN2/c1-3-17(20)12-15-8-4-5-10-18(15)21(2)13-14-7-6-9-16(19)11-14/h4-11,17H,3,12-13,20H2,1-2H3. The zero-order valence-electron chi connectivity index (χ0n) is 12.7. The normalized spacial score (nSPS) is 12.2. The molecule has 0 radical (unpaired) electrons. The second-order valence-electron chi connectivity index (χ2n) is 5.49. The van der Waals surface area contributed by atoms with Crippen LogP contribution >= 0.6 is 0 Å². The van der Waals surface area contributed by atoms with Gasteiger partial charge in [-0.2, -0.15) is 0 Å². The van der Waals surface area contributed by atoms with Crippen LogP contribution in [-0.4, -0.2) is 13.1 Å². The molecule has 0 aliphatic rings. The van der Waals surface area contributed by atoms with E-state index in [0.29, 0.717) is 6.54 Å². The van der Waals surface area contributed by atoms with E-state index in [2.05, 4.69) is 24.0 Å². The molecule has 21 heavy (non-hydrogen) atoms. The summed E-state index contributed by atoms with van der Waals surface area (Å²) < 4.78 is 13.3. The number of halogens is 1. The van der Waals surface area contributed by atoms with Crippen LogP contribution in [-0.2, 0) is 13.0 Å². The van der Waals surface area contributed by atoms with Gasteiger partial charge < -0.3 is 10.6 Å². The van der Waals surface area contributed by atoms with Crippen molar-refractivity contribution in [3.8, 4) is 0 Å². The van der Waals surface area contributed by atoms with Gasteiger partial charge in [0.2, 0.25) is 0 Å². The molecule has 0 fully saturated rings. The van der Waals surface area contributed by atoms with Crippen molar-refractivity contribution in [2.24, 2.45) is 5.73 Å². The number of nitrogens with zero attached hydrogens (tertiary/aromatic N) is 1. The first kappa shape index (κ1) is 15.5. The second kappa shape index (κ2) is 7.23. The Morgan fingerprint density at radius 2 is 1.90 bits per heavy atom. The van der Waals surface area contributed by atoms with Gasteiger partial charge in [0.25, 0.3) is 0 Å². The number of nitrogens with two attached hydrogens (primary N) is 1. The van der Waals surface area contributed by atoms with E-state index in [-0.39, 0.29) is 11.9 Å². The Labute approximate surface area is 126 Å². The average molecular weight is 286 g/mol. The monoisotopic (exact) mass is 286 g/mol. The molecule has 0 aromatic heterocycles. The predicted molar refractivity (Wildman–Crippen MR) is 86.9 cm³/mol. The summed E-state index contributed by atoms with van der Waals surface area (Å²) in [7, 11) is 2.03. The topological polar surface area (TPSA) is 29.3 Å². The fourth-order valence-corrected chi connectivity index (χ4v) is 2.48. The van der Waals surface area contributed by atoms with E-state index in [4.69, 9.17) is 5.73 Å². The molecule has 2 rings (SSSR count). The minimum atomic E-state index is -0.192. The lowest BCUT2D eigenvalue weighted by molar-refractivity contribution is 0.625. The fourth-order valence-electron chi connectivity index (χ4n) is 2.48. The Morgan fingerprint density at radius 3 is 2.62 bits per heavy atom.